The molecule has 0 aromatic heterocycles. The Morgan fingerprint density at radius 2 is 1.82 bits per heavy atom. The van der Waals surface area contributed by atoms with Gasteiger partial charge in [0.05, 0.1) is 5.56 Å². The molecule has 3 aromatic rings. The van der Waals surface area contributed by atoms with E-state index in [0.29, 0.717) is 29.4 Å². The molecule has 3 nitrogen and oxygen atoms in total. The molecule has 0 radical (unpaired) electrons. The Hall–Kier alpha value is -3.11. The van der Waals surface area contributed by atoms with Crippen LogP contribution in [0.2, 0.25) is 0 Å². The Kier molecular flexibility index (Phi) is 5.13. The summed E-state index contributed by atoms with van der Waals surface area (Å²) < 4.78 is 12.6. The summed E-state index contributed by atoms with van der Waals surface area (Å²) in [5, 5.41) is 0. The topological polar surface area (TPSA) is 35.5 Å². The number of carbonyl (C=O) groups excluding carboxylic acids is 1. The lowest BCUT2D eigenvalue weighted by Gasteiger charge is -2.07. The predicted molar refractivity (Wildman–Crippen MR) is 114 cm³/mol. The fourth-order valence-electron chi connectivity index (χ4n) is 2.92. The van der Waals surface area contributed by atoms with Gasteiger partial charge < -0.3 is 9.47 Å². The van der Waals surface area contributed by atoms with Crippen LogP contribution < -0.4 is 9.47 Å². The Balaban J connectivity index is 1.49. The van der Waals surface area contributed by atoms with Crippen LogP contribution in [0.3, 0.4) is 0 Å². The average Bonchev–Trinajstić information content (AvgIpc) is 3.01. The highest BCUT2D eigenvalue weighted by Gasteiger charge is 2.27. The van der Waals surface area contributed by atoms with Gasteiger partial charge in [-0.25, -0.2) is 0 Å². The van der Waals surface area contributed by atoms with Crippen molar-refractivity contribution in [1.82, 2.24) is 0 Å². The molecule has 28 heavy (non-hydrogen) atoms. The fourth-order valence-corrected chi connectivity index (χ4v) is 3.34. The van der Waals surface area contributed by atoms with Gasteiger partial charge in [-0.15, -0.1) is 0 Å². The maximum absolute atomic E-state index is 12.6. The van der Waals surface area contributed by atoms with Gasteiger partial charge in [-0.05, 0) is 47.0 Å². The monoisotopic (exact) mass is 432 g/mol. The third-order valence-electron chi connectivity index (χ3n) is 4.41. The van der Waals surface area contributed by atoms with E-state index in [4.69, 9.17) is 9.47 Å². The number of Topliss-reactive ketones (excluding diaryl/α,β-unsaturated/α-hetero) is 1. The Morgan fingerprint density at radius 3 is 2.57 bits per heavy atom. The van der Waals surface area contributed by atoms with E-state index in [2.05, 4.69) is 22.5 Å². The van der Waals surface area contributed by atoms with Crippen LogP contribution in [-0.4, -0.2) is 5.78 Å². The zero-order valence-electron chi connectivity index (χ0n) is 15.0. The summed E-state index contributed by atoms with van der Waals surface area (Å²) in [7, 11) is 0. The van der Waals surface area contributed by atoms with E-state index in [1.807, 2.05) is 48.5 Å². The van der Waals surface area contributed by atoms with Gasteiger partial charge in [0.25, 0.3) is 0 Å². The molecule has 0 fully saturated rings. The van der Waals surface area contributed by atoms with Gasteiger partial charge in [0.2, 0.25) is 5.78 Å². The minimum absolute atomic E-state index is 0.124. The van der Waals surface area contributed by atoms with Crippen LogP contribution >= 0.6 is 15.9 Å². The first-order valence-corrected chi connectivity index (χ1v) is 9.60. The van der Waals surface area contributed by atoms with Crippen molar-refractivity contribution >= 4 is 33.9 Å². The number of hydrogen-bond acceptors (Lipinski definition) is 3. The van der Waals surface area contributed by atoms with Crippen LogP contribution in [-0.2, 0) is 6.61 Å². The van der Waals surface area contributed by atoms with Gasteiger partial charge in [0, 0.05) is 10.5 Å². The molecule has 1 aliphatic heterocycles. The summed E-state index contributed by atoms with van der Waals surface area (Å²) in [6, 6.07) is 21.0. The van der Waals surface area contributed by atoms with Crippen LogP contribution in [0.5, 0.6) is 11.5 Å². The molecule has 0 saturated heterocycles. The standard InChI is InChI=1S/C24H17BrO3/c1-2-16-6-8-17(9-7-16)15-27-20-10-11-21-22(14-20)28-23(24(21)26)13-18-4-3-5-19(25)12-18/h2-14H,1,15H2/b23-13-. The lowest BCUT2D eigenvalue weighted by Crippen LogP contribution is -1.98. The summed E-state index contributed by atoms with van der Waals surface area (Å²) in [4.78, 5) is 12.6. The smallest absolute Gasteiger partial charge is 0.231 e. The molecule has 0 saturated carbocycles. The molecule has 1 heterocycles. The number of benzene rings is 3. The minimum Gasteiger partial charge on any atom is -0.489 e. The van der Waals surface area contributed by atoms with Crippen LogP contribution in [0.25, 0.3) is 12.2 Å². The van der Waals surface area contributed by atoms with Gasteiger partial charge in [0.1, 0.15) is 18.1 Å². The van der Waals surface area contributed by atoms with Crippen LogP contribution in [0.15, 0.2) is 83.5 Å². The van der Waals surface area contributed by atoms with E-state index in [1.54, 1.807) is 30.4 Å². The van der Waals surface area contributed by atoms with E-state index in [0.717, 1.165) is 21.2 Å². The first-order chi connectivity index (χ1) is 13.6. The highest BCUT2D eigenvalue weighted by Crippen LogP contribution is 2.35. The van der Waals surface area contributed by atoms with E-state index in [9.17, 15) is 4.79 Å². The summed E-state index contributed by atoms with van der Waals surface area (Å²) in [5.41, 5.74) is 3.56. The fraction of sp³-hybridized carbons (Fsp3) is 0.0417. The number of rotatable bonds is 5. The van der Waals surface area contributed by atoms with Gasteiger partial charge in [0.15, 0.2) is 5.76 Å². The Bertz CT molecular complexity index is 1080. The number of hydrogen-bond donors (Lipinski definition) is 0. The summed E-state index contributed by atoms with van der Waals surface area (Å²) >= 11 is 3.43. The predicted octanol–water partition coefficient (Wildman–Crippen LogP) is 6.29. The molecule has 0 N–H and O–H groups in total. The number of carbonyl (C=O) groups is 1. The molecule has 0 aliphatic carbocycles. The Labute approximate surface area is 172 Å². The number of fused-ring (bicyclic) bond motifs is 1. The molecule has 1 aliphatic rings. The number of halogens is 1. The zero-order chi connectivity index (χ0) is 19.5. The van der Waals surface area contributed by atoms with Crippen LogP contribution in [0, 0.1) is 0 Å². The lowest BCUT2D eigenvalue weighted by atomic mass is 10.1. The first kappa shape index (κ1) is 18.3. The third kappa shape index (κ3) is 3.92. The molecule has 4 heteroatoms. The van der Waals surface area contributed by atoms with Gasteiger partial charge in [-0.2, -0.15) is 0 Å². The van der Waals surface area contributed by atoms with Crippen molar-refractivity contribution < 1.29 is 14.3 Å². The second kappa shape index (κ2) is 7.87. The first-order valence-electron chi connectivity index (χ1n) is 8.80. The second-order valence-electron chi connectivity index (χ2n) is 6.39. The van der Waals surface area contributed by atoms with Crippen molar-refractivity contribution in [2.75, 3.05) is 0 Å². The summed E-state index contributed by atoms with van der Waals surface area (Å²) in [6.07, 6.45) is 3.55. The summed E-state index contributed by atoms with van der Waals surface area (Å²) in [6.45, 7) is 4.19. The molecule has 0 amide bonds. The van der Waals surface area contributed by atoms with Crippen molar-refractivity contribution in [2.45, 2.75) is 6.61 Å². The third-order valence-corrected chi connectivity index (χ3v) is 4.90. The number of ketones is 1. The highest BCUT2D eigenvalue weighted by atomic mass is 79.9. The van der Waals surface area contributed by atoms with E-state index in [1.165, 1.54) is 0 Å². The maximum atomic E-state index is 12.6. The van der Waals surface area contributed by atoms with Crippen molar-refractivity contribution in [2.24, 2.45) is 0 Å². The molecule has 4 rings (SSSR count). The number of ether oxygens (including phenoxy) is 2. The van der Waals surface area contributed by atoms with Gasteiger partial charge in [-0.1, -0.05) is 65.0 Å². The molecule has 0 spiro atoms. The Morgan fingerprint density at radius 1 is 1.00 bits per heavy atom. The summed E-state index contributed by atoms with van der Waals surface area (Å²) in [5.74, 6) is 1.36. The highest BCUT2D eigenvalue weighted by molar-refractivity contribution is 9.10. The SMILES string of the molecule is C=Cc1ccc(COc2ccc3c(c2)O/C(=C\c2cccc(Br)c2)C3=O)cc1. The molecule has 138 valence electrons. The molecular formula is C24H17BrO3. The molecular weight excluding hydrogens is 416 g/mol. The van der Waals surface area contributed by atoms with E-state index < -0.39 is 0 Å². The van der Waals surface area contributed by atoms with Crippen molar-refractivity contribution in [3.05, 3.63) is 106 Å². The lowest BCUT2D eigenvalue weighted by molar-refractivity contribution is 0.101. The normalized spacial score (nSPS) is 13.9. The molecule has 0 bridgehead atoms. The van der Waals surface area contributed by atoms with Crippen molar-refractivity contribution in [3.8, 4) is 11.5 Å². The van der Waals surface area contributed by atoms with E-state index in [-0.39, 0.29) is 5.78 Å². The zero-order valence-corrected chi connectivity index (χ0v) is 16.6. The van der Waals surface area contributed by atoms with Gasteiger partial charge in [-0.3, -0.25) is 4.79 Å². The minimum atomic E-state index is -0.124. The molecule has 0 unspecified atom stereocenters. The van der Waals surface area contributed by atoms with Crippen molar-refractivity contribution in [1.29, 1.82) is 0 Å². The van der Waals surface area contributed by atoms with Crippen LogP contribution in [0.4, 0.5) is 0 Å². The second-order valence-corrected chi connectivity index (χ2v) is 7.30. The van der Waals surface area contributed by atoms with Crippen LogP contribution in [0.1, 0.15) is 27.0 Å². The quantitative estimate of drug-likeness (QED) is 0.444. The molecule has 0 atom stereocenters. The maximum Gasteiger partial charge on any atom is 0.231 e. The largest absolute Gasteiger partial charge is 0.489 e. The average molecular weight is 433 g/mol. The van der Waals surface area contributed by atoms with E-state index >= 15 is 0 Å². The van der Waals surface area contributed by atoms with Crippen molar-refractivity contribution in [3.63, 3.8) is 0 Å². The van der Waals surface area contributed by atoms with Gasteiger partial charge >= 0.3 is 0 Å². The molecule has 3 aromatic carbocycles. The number of allylic oxidation sites excluding steroid dienone is 1.